The summed E-state index contributed by atoms with van der Waals surface area (Å²) in [5, 5.41) is 60.0. The number of carbonyl (C=O) groups excluding carboxylic acids is 1. The number of allylic oxidation sites excluding steroid dienone is 7. The molecule has 0 amide bonds. The molecular weight excluding hydrogens is 779 g/mol. The van der Waals surface area contributed by atoms with Crippen molar-refractivity contribution in [1.29, 1.82) is 0 Å². The van der Waals surface area contributed by atoms with Gasteiger partial charge in [0.1, 0.15) is 42.7 Å². The number of carbonyl (C=O) groups is 1. The second-order valence-corrected chi connectivity index (χ2v) is 17.2. The Morgan fingerprint density at radius 1 is 0.627 bits per heavy atom. The van der Waals surface area contributed by atoms with Crippen molar-refractivity contribution in [3.8, 4) is 0 Å². The lowest BCUT2D eigenvalue weighted by Gasteiger charge is -2.41. The van der Waals surface area contributed by atoms with Gasteiger partial charge in [0.25, 0.3) is 0 Å². The molecule has 0 aliphatic heterocycles. The van der Waals surface area contributed by atoms with Gasteiger partial charge in [0.05, 0.1) is 19.3 Å². The molecule has 1 fully saturated rings. The first kappa shape index (κ1) is 55.3. The molecule has 7 unspecified atom stereocenters. The maximum absolute atomic E-state index is 12.8. The molecule has 0 saturated heterocycles. The maximum Gasteiger partial charge on any atom is 0.472 e. The molecule has 14 heteroatoms. The van der Waals surface area contributed by atoms with Gasteiger partial charge in [0, 0.05) is 13.0 Å². The van der Waals surface area contributed by atoms with E-state index in [2.05, 4.69) is 26.0 Å². The van der Waals surface area contributed by atoms with E-state index in [1.54, 1.807) is 0 Å². The minimum absolute atomic E-state index is 0.0904. The maximum atomic E-state index is 12.8. The summed E-state index contributed by atoms with van der Waals surface area (Å²) in [5.41, 5.74) is 0. The van der Waals surface area contributed by atoms with E-state index >= 15 is 0 Å². The van der Waals surface area contributed by atoms with E-state index in [4.69, 9.17) is 18.5 Å². The molecule has 1 aliphatic rings. The highest BCUT2D eigenvalue weighted by Crippen LogP contribution is 2.47. The Morgan fingerprint density at radius 2 is 1.14 bits per heavy atom. The molecule has 7 atom stereocenters. The molecule has 1 aliphatic carbocycles. The van der Waals surface area contributed by atoms with Crippen molar-refractivity contribution in [3.63, 3.8) is 0 Å². The number of aliphatic hydroxyl groups excluding tert-OH is 6. The number of phosphoric ester groups is 1. The van der Waals surface area contributed by atoms with Gasteiger partial charge in [0.15, 0.2) is 0 Å². The highest BCUT2D eigenvalue weighted by molar-refractivity contribution is 7.47. The van der Waals surface area contributed by atoms with Crippen LogP contribution in [-0.2, 0) is 27.9 Å². The van der Waals surface area contributed by atoms with E-state index in [1.807, 2.05) is 36.5 Å². The molecule has 13 nitrogen and oxygen atoms in total. The highest BCUT2D eigenvalue weighted by Gasteiger charge is 2.51. The first-order valence-electron chi connectivity index (χ1n) is 22.6. The van der Waals surface area contributed by atoms with Crippen molar-refractivity contribution in [2.75, 3.05) is 19.8 Å². The molecule has 0 aromatic heterocycles. The van der Waals surface area contributed by atoms with Crippen molar-refractivity contribution in [2.45, 2.75) is 210 Å². The summed E-state index contributed by atoms with van der Waals surface area (Å²) in [6, 6.07) is 0. The lowest BCUT2D eigenvalue weighted by atomic mass is 9.85. The van der Waals surface area contributed by atoms with Gasteiger partial charge >= 0.3 is 13.8 Å². The van der Waals surface area contributed by atoms with E-state index < -0.39 is 69.2 Å². The van der Waals surface area contributed by atoms with E-state index in [0.29, 0.717) is 19.4 Å². The fraction of sp³-hybridized carbons (Fsp3) is 0.800. The van der Waals surface area contributed by atoms with Crippen LogP contribution in [0.15, 0.2) is 48.6 Å². The SMILES string of the molecule is CCCCCCCCCCCCCCCCOCC(COP(=O)(O)OC1C(O)C(O)C(O)C(O)C1O)OC(=O)CCCC=CCC=CCC=CC=CC(O)CCCCC. The van der Waals surface area contributed by atoms with Crippen LogP contribution in [0.1, 0.15) is 162 Å². The average Bonchev–Trinajstić information content (AvgIpc) is 3.21. The number of phosphoric acid groups is 1. The largest absolute Gasteiger partial charge is 0.472 e. The van der Waals surface area contributed by atoms with Crippen LogP contribution in [0, 0.1) is 0 Å². The van der Waals surface area contributed by atoms with Gasteiger partial charge in [-0.2, -0.15) is 0 Å². The van der Waals surface area contributed by atoms with E-state index in [9.17, 15) is 44.9 Å². The van der Waals surface area contributed by atoms with Crippen molar-refractivity contribution in [2.24, 2.45) is 0 Å². The van der Waals surface area contributed by atoms with Crippen LogP contribution in [0.4, 0.5) is 0 Å². The molecule has 0 radical (unpaired) electrons. The van der Waals surface area contributed by atoms with E-state index in [-0.39, 0.29) is 13.0 Å². The van der Waals surface area contributed by atoms with Crippen LogP contribution in [-0.4, -0.2) is 110 Å². The Morgan fingerprint density at radius 3 is 1.73 bits per heavy atom. The second kappa shape index (κ2) is 35.8. The topological polar surface area (TPSA) is 213 Å². The third-order valence-corrected chi connectivity index (χ3v) is 11.3. The van der Waals surface area contributed by atoms with Crippen LogP contribution >= 0.6 is 7.82 Å². The smallest absolute Gasteiger partial charge is 0.457 e. The molecule has 1 rings (SSSR count). The van der Waals surface area contributed by atoms with Gasteiger partial charge < -0.3 is 45.0 Å². The Hall–Kier alpha value is -1.74. The third-order valence-electron chi connectivity index (χ3n) is 10.3. The monoisotopic (exact) mass is 861 g/mol. The van der Waals surface area contributed by atoms with Crippen LogP contribution in [0.2, 0.25) is 0 Å². The molecule has 344 valence electrons. The zero-order valence-corrected chi connectivity index (χ0v) is 37.0. The molecule has 0 aromatic carbocycles. The standard InChI is InChI=1S/C45H81O13P/c1-3-5-7-8-9-10-11-12-13-17-20-23-26-30-34-55-35-38(36-56-59(53,54)58-45-43(51)41(49)40(48)42(50)44(45)52)57-39(47)33-29-25-22-19-16-14-15-18-21-24-28-32-37(46)31-27-6-4-2/h14-15,19,21-22,24,28,32,37-38,40-46,48-52H,3-13,16-18,20,23,25-27,29-31,33-36H2,1-2H3,(H,53,54). The zero-order chi connectivity index (χ0) is 43.6. The summed E-state index contributed by atoms with van der Waals surface area (Å²) in [5.74, 6) is -0.548. The van der Waals surface area contributed by atoms with Crippen molar-refractivity contribution < 1.29 is 63.4 Å². The van der Waals surface area contributed by atoms with Gasteiger partial charge in [-0.1, -0.05) is 165 Å². The first-order chi connectivity index (χ1) is 28.4. The molecule has 7 N–H and O–H groups in total. The predicted octanol–water partition coefficient (Wildman–Crippen LogP) is 7.83. The Kier molecular flexibility index (Phi) is 33.6. The highest BCUT2D eigenvalue weighted by atomic mass is 31.2. The van der Waals surface area contributed by atoms with Crippen molar-refractivity contribution in [1.82, 2.24) is 0 Å². The summed E-state index contributed by atoms with van der Waals surface area (Å²) in [6.45, 7) is 4.06. The van der Waals surface area contributed by atoms with Gasteiger partial charge in [0.2, 0.25) is 0 Å². The number of rotatable bonds is 37. The van der Waals surface area contributed by atoms with Crippen LogP contribution < -0.4 is 0 Å². The summed E-state index contributed by atoms with van der Waals surface area (Å²) in [4.78, 5) is 23.1. The number of aliphatic hydroxyl groups is 6. The summed E-state index contributed by atoms with van der Waals surface area (Å²) in [6.07, 6.45) is 26.5. The van der Waals surface area contributed by atoms with Gasteiger partial charge in [-0.25, -0.2) is 4.57 Å². The van der Waals surface area contributed by atoms with Gasteiger partial charge in [-0.05, 0) is 38.5 Å². The van der Waals surface area contributed by atoms with Crippen molar-refractivity contribution in [3.05, 3.63) is 48.6 Å². The number of hydrogen-bond donors (Lipinski definition) is 7. The Bertz CT molecular complexity index is 1180. The number of hydrogen-bond acceptors (Lipinski definition) is 12. The first-order valence-corrected chi connectivity index (χ1v) is 24.1. The summed E-state index contributed by atoms with van der Waals surface area (Å²) < 4.78 is 34.1. The summed E-state index contributed by atoms with van der Waals surface area (Å²) in [7, 11) is -5.04. The van der Waals surface area contributed by atoms with Crippen LogP contribution in [0.25, 0.3) is 0 Å². The molecule has 0 spiro atoms. The van der Waals surface area contributed by atoms with E-state index in [0.717, 1.165) is 57.8 Å². The number of unbranched alkanes of at least 4 members (excludes halogenated alkanes) is 16. The molecule has 0 bridgehead atoms. The van der Waals surface area contributed by atoms with Crippen LogP contribution in [0.5, 0.6) is 0 Å². The molecule has 0 heterocycles. The lowest BCUT2D eigenvalue weighted by Crippen LogP contribution is -2.64. The minimum Gasteiger partial charge on any atom is -0.457 e. The normalized spacial score (nSPS) is 23.5. The molecule has 59 heavy (non-hydrogen) atoms. The Balaban J connectivity index is 2.48. The Labute approximate surface area is 355 Å². The zero-order valence-electron chi connectivity index (χ0n) is 36.1. The van der Waals surface area contributed by atoms with E-state index in [1.165, 1.54) is 70.6 Å². The molecular formula is C45H81O13P. The summed E-state index contributed by atoms with van der Waals surface area (Å²) >= 11 is 0. The number of ether oxygens (including phenoxy) is 2. The minimum atomic E-state index is -5.04. The van der Waals surface area contributed by atoms with Crippen molar-refractivity contribution >= 4 is 13.8 Å². The number of esters is 1. The second-order valence-electron chi connectivity index (χ2n) is 15.8. The van der Waals surface area contributed by atoms with Gasteiger partial charge in [-0.3, -0.25) is 13.8 Å². The third kappa shape index (κ3) is 28.5. The average molecular weight is 861 g/mol. The van der Waals surface area contributed by atoms with Gasteiger partial charge in [-0.15, -0.1) is 0 Å². The fourth-order valence-electron chi connectivity index (χ4n) is 6.63. The lowest BCUT2D eigenvalue weighted by molar-refractivity contribution is -0.220. The quantitative estimate of drug-likeness (QED) is 0.0104. The van der Waals surface area contributed by atoms with Crippen LogP contribution in [0.3, 0.4) is 0 Å². The predicted molar refractivity (Wildman–Crippen MR) is 231 cm³/mol. The molecule has 1 saturated carbocycles. The fourth-order valence-corrected chi connectivity index (χ4v) is 7.61. The molecule has 0 aromatic rings.